The van der Waals surface area contributed by atoms with Gasteiger partial charge in [-0.1, -0.05) is 18.9 Å². The molecule has 3 heteroatoms. The number of hydrogen-bond donors (Lipinski definition) is 2. The molecule has 2 heterocycles. The maximum absolute atomic E-state index is 4.24. The maximum atomic E-state index is 4.24. The lowest BCUT2D eigenvalue weighted by Crippen LogP contribution is -2.47. The second kappa shape index (κ2) is 6.68. The van der Waals surface area contributed by atoms with Crippen LogP contribution in [0.2, 0.25) is 0 Å². The van der Waals surface area contributed by atoms with Crippen LogP contribution in [0, 0.1) is 5.92 Å². The Morgan fingerprint density at radius 2 is 2.15 bits per heavy atom. The lowest BCUT2D eigenvalue weighted by molar-refractivity contribution is 0.203. The van der Waals surface area contributed by atoms with Crippen molar-refractivity contribution in [3.05, 3.63) is 30.1 Å². The van der Waals surface area contributed by atoms with Crippen LogP contribution in [0.1, 0.15) is 57.1 Å². The van der Waals surface area contributed by atoms with Gasteiger partial charge in [-0.2, -0.15) is 0 Å². The lowest BCUT2D eigenvalue weighted by Gasteiger charge is -2.38. The molecule has 2 aliphatic rings. The van der Waals surface area contributed by atoms with Crippen molar-refractivity contribution in [3.8, 4) is 0 Å². The standard InChI is InChI=1S/C17H27N3/c1-13(14-6-4-10-18-12-14)20-17-8-3-2-7-15(17)16-9-5-11-19-16/h4,6,10,12-13,15-17,19-20H,2-3,5,7-9,11H2,1H3/t13-,15?,16?,17?/m0/s1. The Morgan fingerprint density at radius 1 is 1.25 bits per heavy atom. The molecule has 2 fully saturated rings. The van der Waals surface area contributed by atoms with Gasteiger partial charge < -0.3 is 10.6 Å². The van der Waals surface area contributed by atoms with Crippen LogP contribution in [0.5, 0.6) is 0 Å². The fourth-order valence-electron chi connectivity index (χ4n) is 3.97. The number of nitrogens with one attached hydrogen (secondary N) is 2. The molecule has 0 aromatic carbocycles. The highest BCUT2D eigenvalue weighted by Crippen LogP contribution is 2.32. The van der Waals surface area contributed by atoms with Gasteiger partial charge in [-0.3, -0.25) is 4.98 Å². The molecule has 1 aromatic heterocycles. The third kappa shape index (κ3) is 3.21. The molecule has 1 aliphatic carbocycles. The van der Waals surface area contributed by atoms with Crippen LogP contribution in [0.25, 0.3) is 0 Å². The van der Waals surface area contributed by atoms with E-state index in [0.29, 0.717) is 12.1 Å². The molecule has 3 unspecified atom stereocenters. The predicted octanol–water partition coefficient (Wildman–Crippen LogP) is 3.04. The van der Waals surface area contributed by atoms with Gasteiger partial charge in [0.15, 0.2) is 0 Å². The molecule has 20 heavy (non-hydrogen) atoms. The third-order valence-electron chi connectivity index (χ3n) is 5.08. The van der Waals surface area contributed by atoms with Gasteiger partial charge in [-0.25, -0.2) is 0 Å². The van der Waals surface area contributed by atoms with Crippen LogP contribution in [0.4, 0.5) is 0 Å². The van der Waals surface area contributed by atoms with Gasteiger partial charge in [0.05, 0.1) is 0 Å². The van der Waals surface area contributed by atoms with Gasteiger partial charge in [0.2, 0.25) is 0 Å². The van der Waals surface area contributed by atoms with Gasteiger partial charge in [-0.05, 0) is 56.7 Å². The lowest BCUT2D eigenvalue weighted by atomic mass is 9.79. The molecular formula is C17H27N3. The average molecular weight is 273 g/mol. The fourth-order valence-corrected chi connectivity index (χ4v) is 3.97. The van der Waals surface area contributed by atoms with Gasteiger partial charge in [0, 0.05) is 30.5 Å². The molecular weight excluding hydrogens is 246 g/mol. The van der Waals surface area contributed by atoms with Crippen molar-refractivity contribution in [2.45, 2.75) is 63.6 Å². The van der Waals surface area contributed by atoms with Crippen LogP contribution >= 0.6 is 0 Å². The van der Waals surface area contributed by atoms with Crippen LogP contribution in [-0.4, -0.2) is 23.6 Å². The highest BCUT2D eigenvalue weighted by Gasteiger charge is 2.33. The number of nitrogens with zero attached hydrogens (tertiary/aromatic N) is 1. The van der Waals surface area contributed by atoms with Crippen molar-refractivity contribution in [1.29, 1.82) is 0 Å². The largest absolute Gasteiger partial charge is 0.314 e. The predicted molar refractivity (Wildman–Crippen MR) is 82.6 cm³/mol. The van der Waals surface area contributed by atoms with Crippen molar-refractivity contribution < 1.29 is 0 Å². The fraction of sp³-hybridized carbons (Fsp3) is 0.706. The SMILES string of the molecule is C[C@H](NC1CCCCC1C1CCCN1)c1cccnc1. The summed E-state index contributed by atoms with van der Waals surface area (Å²) in [7, 11) is 0. The smallest absolute Gasteiger partial charge is 0.0315 e. The number of aromatic nitrogens is 1. The Morgan fingerprint density at radius 3 is 2.90 bits per heavy atom. The van der Waals surface area contributed by atoms with E-state index < -0.39 is 0 Å². The Labute approximate surface area is 122 Å². The molecule has 2 N–H and O–H groups in total. The topological polar surface area (TPSA) is 37.0 Å². The van der Waals surface area contributed by atoms with Crippen LogP contribution in [-0.2, 0) is 0 Å². The first-order valence-electron chi connectivity index (χ1n) is 8.24. The van der Waals surface area contributed by atoms with Gasteiger partial charge in [0.1, 0.15) is 0 Å². The van der Waals surface area contributed by atoms with Crippen LogP contribution in [0.3, 0.4) is 0 Å². The highest BCUT2D eigenvalue weighted by molar-refractivity contribution is 5.13. The molecule has 0 bridgehead atoms. The quantitative estimate of drug-likeness (QED) is 0.885. The average Bonchev–Trinajstić information content (AvgIpc) is 3.03. The van der Waals surface area contributed by atoms with Crippen molar-refractivity contribution in [1.82, 2.24) is 15.6 Å². The molecule has 0 amide bonds. The van der Waals surface area contributed by atoms with Crippen LogP contribution < -0.4 is 10.6 Å². The van der Waals surface area contributed by atoms with E-state index in [9.17, 15) is 0 Å². The summed E-state index contributed by atoms with van der Waals surface area (Å²) >= 11 is 0. The summed E-state index contributed by atoms with van der Waals surface area (Å²) in [5.41, 5.74) is 1.30. The number of rotatable bonds is 4. The molecule has 0 radical (unpaired) electrons. The molecule has 1 aliphatic heterocycles. The Hall–Kier alpha value is -0.930. The highest BCUT2D eigenvalue weighted by atomic mass is 15.0. The van der Waals surface area contributed by atoms with E-state index in [1.54, 1.807) is 0 Å². The summed E-state index contributed by atoms with van der Waals surface area (Å²) in [6, 6.07) is 6.01. The van der Waals surface area contributed by atoms with Gasteiger partial charge in [0.25, 0.3) is 0 Å². The molecule has 1 saturated heterocycles. The van der Waals surface area contributed by atoms with E-state index in [0.717, 1.165) is 12.0 Å². The normalized spacial score (nSPS) is 32.1. The number of hydrogen-bond acceptors (Lipinski definition) is 3. The summed E-state index contributed by atoms with van der Waals surface area (Å²) in [6.07, 6.45) is 12.0. The van der Waals surface area contributed by atoms with E-state index in [-0.39, 0.29) is 0 Å². The summed E-state index contributed by atoms with van der Waals surface area (Å²) < 4.78 is 0. The zero-order chi connectivity index (χ0) is 13.8. The minimum Gasteiger partial charge on any atom is -0.314 e. The van der Waals surface area contributed by atoms with Crippen molar-refractivity contribution in [2.24, 2.45) is 5.92 Å². The molecule has 4 atom stereocenters. The van der Waals surface area contributed by atoms with Crippen LogP contribution in [0.15, 0.2) is 24.5 Å². The zero-order valence-electron chi connectivity index (χ0n) is 12.5. The van der Waals surface area contributed by atoms with E-state index in [1.807, 2.05) is 18.5 Å². The summed E-state index contributed by atoms with van der Waals surface area (Å²) in [6.45, 7) is 3.48. The molecule has 0 spiro atoms. The van der Waals surface area contributed by atoms with E-state index in [4.69, 9.17) is 0 Å². The third-order valence-corrected chi connectivity index (χ3v) is 5.08. The van der Waals surface area contributed by atoms with Gasteiger partial charge in [-0.15, -0.1) is 0 Å². The number of pyridine rings is 1. The summed E-state index contributed by atoms with van der Waals surface area (Å²) in [5.74, 6) is 0.811. The molecule has 3 nitrogen and oxygen atoms in total. The Bertz CT molecular complexity index is 400. The molecule has 3 rings (SSSR count). The van der Waals surface area contributed by atoms with E-state index in [1.165, 1.54) is 50.6 Å². The first-order chi connectivity index (χ1) is 9.84. The first kappa shape index (κ1) is 14.0. The summed E-state index contributed by atoms with van der Waals surface area (Å²) in [5, 5.41) is 7.60. The first-order valence-corrected chi connectivity index (χ1v) is 8.24. The molecule has 110 valence electrons. The maximum Gasteiger partial charge on any atom is 0.0315 e. The monoisotopic (exact) mass is 273 g/mol. The molecule has 1 saturated carbocycles. The van der Waals surface area contributed by atoms with Crippen molar-refractivity contribution in [3.63, 3.8) is 0 Å². The second-order valence-corrected chi connectivity index (χ2v) is 6.43. The minimum absolute atomic E-state index is 0.399. The van der Waals surface area contributed by atoms with Crippen molar-refractivity contribution in [2.75, 3.05) is 6.54 Å². The van der Waals surface area contributed by atoms with Gasteiger partial charge >= 0.3 is 0 Å². The second-order valence-electron chi connectivity index (χ2n) is 6.43. The zero-order valence-corrected chi connectivity index (χ0v) is 12.5. The van der Waals surface area contributed by atoms with E-state index >= 15 is 0 Å². The Balaban J connectivity index is 1.64. The van der Waals surface area contributed by atoms with E-state index in [2.05, 4.69) is 28.6 Å². The Kier molecular flexibility index (Phi) is 4.69. The van der Waals surface area contributed by atoms with Crippen molar-refractivity contribution >= 4 is 0 Å². The molecule has 1 aromatic rings. The summed E-state index contributed by atoms with van der Waals surface area (Å²) in [4.78, 5) is 4.24. The minimum atomic E-state index is 0.399.